The van der Waals surface area contributed by atoms with Crippen LogP contribution in [0, 0.1) is 0 Å². The van der Waals surface area contributed by atoms with Crippen LogP contribution >= 0.6 is 0 Å². The van der Waals surface area contributed by atoms with Gasteiger partial charge in [0.15, 0.2) is 0 Å². The SMILES string of the molecule is C=CCCC(=O)OCCOC(=O)CCC=C. The fraction of sp³-hybridized carbons (Fsp3) is 0.500. The molecule has 0 aromatic rings. The van der Waals surface area contributed by atoms with Gasteiger partial charge in [0.2, 0.25) is 0 Å². The zero-order valence-corrected chi connectivity index (χ0v) is 9.44. The normalized spacial score (nSPS) is 9.25. The van der Waals surface area contributed by atoms with E-state index in [1.54, 1.807) is 12.2 Å². The molecule has 0 unspecified atom stereocenters. The molecule has 0 heterocycles. The molecule has 0 aromatic carbocycles. The summed E-state index contributed by atoms with van der Waals surface area (Å²) in [5, 5.41) is 0. The van der Waals surface area contributed by atoms with Gasteiger partial charge in [-0.3, -0.25) is 9.59 Å². The third-order valence-electron chi connectivity index (χ3n) is 1.71. The minimum atomic E-state index is -0.304. The van der Waals surface area contributed by atoms with Crippen LogP contribution < -0.4 is 0 Å². The van der Waals surface area contributed by atoms with Gasteiger partial charge >= 0.3 is 11.9 Å². The van der Waals surface area contributed by atoms with Crippen LogP contribution in [0.3, 0.4) is 0 Å². The van der Waals surface area contributed by atoms with E-state index in [4.69, 9.17) is 9.47 Å². The molecule has 4 heteroatoms. The molecule has 16 heavy (non-hydrogen) atoms. The van der Waals surface area contributed by atoms with Gasteiger partial charge in [-0.05, 0) is 12.8 Å². The van der Waals surface area contributed by atoms with Crippen LogP contribution in [0.25, 0.3) is 0 Å². The first-order valence-electron chi connectivity index (χ1n) is 5.23. The molecule has 90 valence electrons. The van der Waals surface area contributed by atoms with Crippen molar-refractivity contribution in [1.29, 1.82) is 0 Å². The molecule has 0 fully saturated rings. The first kappa shape index (κ1) is 14.4. The highest BCUT2D eigenvalue weighted by Gasteiger charge is 2.03. The van der Waals surface area contributed by atoms with Gasteiger partial charge in [0, 0.05) is 12.8 Å². The summed E-state index contributed by atoms with van der Waals surface area (Å²) in [5.74, 6) is -0.607. The average Bonchev–Trinajstić information content (AvgIpc) is 2.29. The Kier molecular flexibility index (Phi) is 8.97. The van der Waals surface area contributed by atoms with Crippen molar-refractivity contribution in [2.45, 2.75) is 25.7 Å². The summed E-state index contributed by atoms with van der Waals surface area (Å²) >= 11 is 0. The molecule has 0 radical (unpaired) electrons. The molecular weight excluding hydrogens is 208 g/mol. The molecule has 0 saturated heterocycles. The van der Waals surface area contributed by atoms with Gasteiger partial charge in [0.05, 0.1) is 0 Å². The molecule has 0 bridgehead atoms. The molecule has 4 nitrogen and oxygen atoms in total. The molecule has 0 aliphatic carbocycles. The highest BCUT2D eigenvalue weighted by Crippen LogP contribution is 1.95. The predicted molar refractivity (Wildman–Crippen MR) is 60.8 cm³/mol. The molecule has 0 rings (SSSR count). The summed E-state index contributed by atoms with van der Waals surface area (Å²) in [5.41, 5.74) is 0. The number of carbonyl (C=O) groups excluding carboxylic acids is 2. The highest BCUT2D eigenvalue weighted by molar-refractivity contribution is 5.70. The van der Waals surface area contributed by atoms with E-state index in [0.29, 0.717) is 25.7 Å². The van der Waals surface area contributed by atoms with Crippen LogP contribution in [0.2, 0.25) is 0 Å². The molecule has 0 aliphatic heterocycles. The number of hydrogen-bond donors (Lipinski definition) is 0. The molecule has 0 spiro atoms. The minimum Gasteiger partial charge on any atom is -0.462 e. The zero-order chi connectivity index (χ0) is 12.2. The summed E-state index contributed by atoms with van der Waals surface area (Å²) in [6, 6.07) is 0. The Morgan fingerprint density at radius 2 is 1.25 bits per heavy atom. The maximum absolute atomic E-state index is 11.0. The Morgan fingerprint density at radius 1 is 0.875 bits per heavy atom. The van der Waals surface area contributed by atoms with E-state index in [1.807, 2.05) is 0 Å². The number of rotatable bonds is 9. The van der Waals surface area contributed by atoms with Crippen molar-refractivity contribution < 1.29 is 19.1 Å². The molecule has 0 aliphatic rings. The monoisotopic (exact) mass is 226 g/mol. The van der Waals surface area contributed by atoms with Gasteiger partial charge in [-0.15, -0.1) is 13.2 Å². The number of hydrogen-bond acceptors (Lipinski definition) is 4. The van der Waals surface area contributed by atoms with Crippen molar-refractivity contribution in [2.75, 3.05) is 13.2 Å². The largest absolute Gasteiger partial charge is 0.462 e. The molecular formula is C12H18O4. The van der Waals surface area contributed by atoms with Crippen LogP contribution in [-0.2, 0) is 19.1 Å². The van der Waals surface area contributed by atoms with Crippen LogP contribution in [0.5, 0.6) is 0 Å². The summed E-state index contributed by atoms with van der Waals surface area (Å²) in [4.78, 5) is 22.0. The topological polar surface area (TPSA) is 52.6 Å². The smallest absolute Gasteiger partial charge is 0.306 e. The third-order valence-corrected chi connectivity index (χ3v) is 1.71. The van der Waals surface area contributed by atoms with Crippen LogP contribution in [-0.4, -0.2) is 25.2 Å². The predicted octanol–water partition coefficient (Wildman–Crippen LogP) is 2.01. The van der Waals surface area contributed by atoms with Gasteiger partial charge in [0.1, 0.15) is 13.2 Å². The lowest BCUT2D eigenvalue weighted by Crippen LogP contribution is -2.13. The second kappa shape index (κ2) is 9.96. The summed E-state index contributed by atoms with van der Waals surface area (Å²) < 4.78 is 9.63. The molecule has 0 amide bonds. The van der Waals surface area contributed by atoms with E-state index in [1.165, 1.54) is 0 Å². The first-order valence-corrected chi connectivity index (χ1v) is 5.23. The highest BCUT2D eigenvalue weighted by atomic mass is 16.6. The van der Waals surface area contributed by atoms with Crippen molar-refractivity contribution in [2.24, 2.45) is 0 Å². The Bertz CT molecular complexity index is 219. The Morgan fingerprint density at radius 3 is 1.56 bits per heavy atom. The lowest BCUT2D eigenvalue weighted by atomic mass is 10.3. The van der Waals surface area contributed by atoms with E-state index in [0.717, 1.165) is 0 Å². The summed E-state index contributed by atoms with van der Waals surface area (Å²) in [6.07, 6.45) is 5.12. The minimum absolute atomic E-state index is 0.107. The van der Waals surface area contributed by atoms with Gasteiger partial charge in [-0.25, -0.2) is 0 Å². The number of ether oxygens (including phenoxy) is 2. The first-order chi connectivity index (χ1) is 7.70. The van der Waals surface area contributed by atoms with Gasteiger partial charge < -0.3 is 9.47 Å². The average molecular weight is 226 g/mol. The zero-order valence-electron chi connectivity index (χ0n) is 9.44. The number of carbonyl (C=O) groups is 2. The van der Waals surface area contributed by atoms with Gasteiger partial charge in [-0.2, -0.15) is 0 Å². The van der Waals surface area contributed by atoms with E-state index < -0.39 is 0 Å². The lowest BCUT2D eigenvalue weighted by Gasteiger charge is -2.05. The van der Waals surface area contributed by atoms with E-state index in [9.17, 15) is 9.59 Å². The second-order valence-corrected chi connectivity index (χ2v) is 3.10. The molecule has 0 N–H and O–H groups in total. The van der Waals surface area contributed by atoms with Crippen molar-refractivity contribution in [1.82, 2.24) is 0 Å². The lowest BCUT2D eigenvalue weighted by molar-refractivity contribution is -0.152. The fourth-order valence-electron chi connectivity index (χ4n) is 0.895. The van der Waals surface area contributed by atoms with Crippen molar-refractivity contribution in [3.63, 3.8) is 0 Å². The molecule has 0 saturated carbocycles. The Hall–Kier alpha value is -1.58. The van der Waals surface area contributed by atoms with Crippen LogP contribution in [0.4, 0.5) is 0 Å². The molecule has 0 atom stereocenters. The van der Waals surface area contributed by atoms with Gasteiger partial charge in [0.25, 0.3) is 0 Å². The fourth-order valence-corrected chi connectivity index (χ4v) is 0.895. The third kappa shape index (κ3) is 8.99. The maximum atomic E-state index is 11.0. The quantitative estimate of drug-likeness (QED) is 0.343. The van der Waals surface area contributed by atoms with E-state index >= 15 is 0 Å². The summed E-state index contributed by atoms with van der Waals surface area (Å²) in [7, 11) is 0. The standard InChI is InChI=1S/C12H18O4/c1-3-5-7-11(13)15-9-10-16-12(14)8-6-4-2/h3-4H,1-2,5-10H2. The van der Waals surface area contributed by atoms with Crippen molar-refractivity contribution in [3.05, 3.63) is 25.3 Å². The number of allylic oxidation sites excluding steroid dienone is 2. The number of esters is 2. The van der Waals surface area contributed by atoms with Crippen LogP contribution in [0.1, 0.15) is 25.7 Å². The summed E-state index contributed by atoms with van der Waals surface area (Å²) in [6.45, 7) is 7.21. The Labute approximate surface area is 95.9 Å². The Balaban J connectivity index is 3.37. The van der Waals surface area contributed by atoms with E-state index in [-0.39, 0.29) is 25.2 Å². The van der Waals surface area contributed by atoms with Gasteiger partial charge in [-0.1, -0.05) is 12.2 Å². The van der Waals surface area contributed by atoms with E-state index in [2.05, 4.69) is 13.2 Å². The van der Waals surface area contributed by atoms with Crippen molar-refractivity contribution in [3.8, 4) is 0 Å². The van der Waals surface area contributed by atoms with Crippen LogP contribution in [0.15, 0.2) is 25.3 Å². The second-order valence-electron chi connectivity index (χ2n) is 3.10. The van der Waals surface area contributed by atoms with Crippen molar-refractivity contribution >= 4 is 11.9 Å². The molecule has 0 aromatic heterocycles. The maximum Gasteiger partial charge on any atom is 0.306 e.